The number of alkyl halides is 3. The number of hydrogen-bond acceptors (Lipinski definition) is 3. The highest BCUT2D eigenvalue weighted by atomic mass is 19.4. The van der Waals surface area contributed by atoms with Gasteiger partial charge in [-0.3, -0.25) is 4.79 Å². The molecule has 1 aliphatic rings. The van der Waals surface area contributed by atoms with E-state index in [-0.39, 0.29) is 35.5 Å². The fourth-order valence-electron chi connectivity index (χ4n) is 2.86. The smallest absolute Gasteiger partial charge is 0.352 e. The molecule has 0 heterocycles. The molecular formula is C16H18F3N3O. The molecule has 1 aliphatic carbocycles. The zero-order chi connectivity index (χ0) is 17.0. The van der Waals surface area contributed by atoms with Crippen LogP contribution in [0.5, 0.6) is 0 Å². The van der Waals surface area contributed by atoms with Gasteiger partial charge in [-0.2, -0.15) is 18.4 Å². The first-order valence-electron chi connectivity index (χ1n) is 7.44. The van der Waals surface area contributed by atoms with Gasteiger partial charge in [-0.25, -0.2) is 0 Å². The van der Waals surface area contributed by atoms with Crippen molar-refractivity contribution in [1.29, 1.82) is 5.26 Å². The summed E-state index contributed by atoms with van der Waals surface area (Å²) in [5, 5.41) is 11.3. The fourth-order valence-corrected chi connectivity index (χ4v) is 2.86. The summed E-state index contributed by atoms with van der Waals surface area (Å²) >= 11 is 0. The second-order valence-corrected chi connectivity index (χ2v) is 5.82. The van der Waals surface area contributed by atoms with Gasteiger partial charge < -0.3 is 11.1 Å². The van der Waals surface area contributed by atoms with Crippen LogP contribution in [0.1, 0.15) is 42.4 Å². The van der Waals surface area contributed by atoms with Crippen LogP contribution in [0.2, 0.25) is 0 Å². The number of carbonyl (C=O) groups excluding carboxylic acids is 1. The zero-order valence-corrected chi connectivity index (χ0v) is 12.5. The third-order valence-corrected chi connectivity index (χ3v) is 4.08. The summed E-state index contributed by atoms with van der Waals surface area (Å²) in [6.07, 6.45) is -1.58. The van der Waals surface area contributed by atoms with Crippen molar-refractivity contribution in [1.82, 2.24) is 5.32 Å². The second kappa shape index (κ2) is 7.01. The maximum Gasteiger partial charge on any atom is 0.416 e. The summed E-state index contributed by atoms with van der Waals surface area (Å²) in [4.78, 5) is 12.1. The van der Waals surface area contributed by atoms with Gasteiger partial charge in [0.15, 0.2) is 0 Å². The molecule has 0 bridgehead atoms. The molecule has 0 radical (unpaired) electrons. The Morgan fingerprint density at radius 1 is 1.39 bits per heavy atom. The fraction of sp³-hybridized carbons (Fsp3) is 0.500. The maximum absolute atomic E-state index is 13.1. The summed E-state index contributed by atoms with van der Waals surface area (Å²) in [6.45, 7) is -0.217. The Bertz CT molecular complexity index is 622. The van der Waals surface area contributed by atoms with Crippen molar-refractivity contribution in [2.24, 2.45) is 11.7 Å². The average molecular weight is 325 g/mol. The molecule has 0 aromatic heterocycles. The molecule has 3 N–H and O–H groups in total. The van der Waals surface area contributed by atoms with Crippen LogP contribution in [-0.4, -0.2) is 11.9 Å². The molecule has 0 spiro atoms. The molecule has 2 atom stereocenters. The molecule has 1 aromatic carbocycles. The van der Waals surface area contributed by atoms with Crippen LogP contribution >= 0.6 is 0 Å². The molecule has 1 fully saturated rings. The number of hydrogen-bond donors (Lipinski definition) is 2. The van der Waals surface area contributed by atoms with Crippen molar-refractivity contribution in [2.45, 2.75) is 44.4 Å². The first-order valence-corrected chi connectivity index (χ1v) is 7.44. The number of benzene rings is 1. The molecule has 23 heavy (non-hydrogen) atoms. The van der Waals surface area contributed by atoms with E-state index in [0.717, 1.165) is 18.9 Å². The molecule has 0 saturated heterocycles. The number of halogens is 3. The standard InChI is InChI=1S/C16H18F3N3O/c17-16(18,19)14-6-10(8-20)4-5-12(14)9-22-15(23)11-2-1-3-13(21)7-11/h4-6,11,13H,1-3,7,9,21H2,(H,22,23)/t11-,13+/m1/s1. The first kappa shape index (κ1) is 17.3. The van der Waals surface area contributed by atoms with Crippen LogP contribution in [0.25, 0.3) is 0 Å². The lowest BCUT2D eigenvalue weighted by atomic mass is 9.85. The van der Waals surface area contributed by atoms with E-state index in [2.05, 4.69) is 5.32 Å². The number of nitriles is 1. The van der Waals surface area contributed by atoms with Gasteiger partial charge in [-0.1, -0.05) is 12.5 Å². The SMILES string of the molecule is N#Cc1ccc(CNC(=O)[C@@H]2CCC[C@H](N)C2)c(C(F)(F)F)c1. The molecular weight excluding hydrogens is 307 g/mol. The summed E-state index contributed by atoms with van der Waals surface area (Å²) in [6, 6.07) is 5.01. The Kier molecular flexibility index (Phi) is 5.26. The molecule has 0 unspecified atom stereocenters. The van der Waals surface area contributed by atoms with Crippen molar-refractivity contribution < 1.29 is 18.0 Å². The van der Waals surface area contributed by atoms with Crippen LogP contribution in [0.15, 0.2) is 18.2 Å². The minimum absolute atomic E-state index is 0.0276. The van der Waals surface area contributed by atoms with E-state index in [1.54, 1.807) is 6.07 Å². The van der Waals surface area contributed by atoms with Crippen molar-refractivity contribution in [3.63, 3.8) is 0 Å². The van der Waals surface area contributed by atoms with E-state index >= 15 is 0 Å². The molecule has 1 aromatic rings. The minimum Gasteiger partial charge on any atom is -0.352 e. The number of nitrogens with zero attached hydrogens (tertiary/aromatic N) is 1. The quantitative estimate of drug-likeness (QED) is 0.897. The normalized spacial score (nSPS) is 21.5. The van der Waals surface area contributed by atoms with Gasteiger partial charge in [-0.15, -0.1) is 0 Å². The van der Waals surface area contributed by atoms with Gasteiger partial charge in [0.05, 0.1) is 17.2 Å². The maximum atomic E-state index is 13.1. The summed E-state index contributed by atoms with van der Waals surface area (Å²) in [5.41, 5.74) is 4.82. The molecule has 1 saturated carbocycles. The lowest BCUT2D eigenvalue weighted by Gasteiger charge is -2.25. The Morgan fingerprint density at radius 3 is 2.74 bits per heavy atom. The Balaban J connectivity index is 2.08. The highest BCUT2D eigenvalue weighted by molar-refractivity contribution is 5.78. The second-order valence-electron chi connectivity index (χ2n) is 5.82. The number of nitrogens with two attached hydrogens (primary N) is 1. The predicted octanol–water partition coefficient (Wildman–Crippen LogP) is 2.71. The Morgan fingerprint density at radius 2 is 2.13 bits per heavy atom. The summed E-state index contributed by atoms with van der Waals surface area (Å²) < 4.78 is 39.2. The van der Waals surface area contributed by atoms with Crippen molar-refractivity contribution in [3.05, 3.63) is 34.9 Å². The highest BCUT2D eigenvalue weighted by Gasteiger charge is 2.34. The van der Waals surface area contributed by atoms with Crippen LogP contribution in [0, 0.1) is 17.2 Å². The third kappa shape index (κ3) is 4.45. The number of amides is 1. The van der Waals surface area contributed by atoms with Crippen LogP contribution in [0.3, 0.4) is 0 Å². The van der Waals surface area contributed by atoms with Crippen LogP contribution < -0.4 is 11.1 Å². The molecule has 1 amide bonds. The van der Waals surface area contributed by atoms with Crippen LogP contribution in [0.4, 0.5) is 13.2 Å². The van der Waals surface area contributed by atoms with Gasteiger partial charge in [-0.05, 0) is 37.0 Å². The molecule has 4 nitrogen and oxygen atoms in total. The molecule has 0 aliphatic heterocycles. The van der Waals surface area contributed by atoms with E-state index in [0.29, 0.717) is 12.8 Å². The van der Waals surface area contributed by atoms with E-state index in [1.807, 2.05) is 0 Å². The Labute approximate surface area is 132 Å². The van der Waals surface area contributed by atoms with E-state index in [1.165, 1.54) is 12.1 Å². The van der Waals surface area contributed by atoms with Gasteiger partial charge in [0, 0.05) is 18.5 Å². The molecule has 7 heteroatoms. The summed E-state index contributed by atoms with van der Waals surface area (Å²) in [5.74, 6) is -0.510. The Hall–Kier alpha value is -2.07. The monoisotopic (exact) mass is 325 g/mol. The summed E-state index contributed by atoms with van der Waals surface area (Å²) in [7, 11) is 0. The van der Waals surface area contributed by atoms with E-state index in [4.69, 9.17) is 11.0 Å². The first-order chi connectivity index (χ1) is 10.8. The number of rotatable bonds is 3. The minimum atomic E-state index is -4.57. The van der Waals surface area contributed by atoms with Crippen molar-refractivity contribution >= 4 is 5.91 Å². The lowest BCUT2D eigenvalue weighted by molar-refractivity contribution is -0.138. The molecule has 124 valence electrons. The number of nitrogens with one attached hydrogen (secondary N) is 1. The van der Waals surface area contributed by atoms with E-state index in [9.17, 15) is 18.0 Å². The average Bonchev–Trinajstić information content (AvgIpc) is 2.51. The van der Waals surface area contributed by atoms with E-state index < -0.39 is 11.7 Å². The number of carbonyl (C=O) groups is 1. The highest BCUT2D eigenvalue weighted by Crippen LogP contribution is 2.33. The topological polar surface area (TPSA) is 78.9 Å². The third-order valence-electron chi connectivity index (χ3n) is 4.08. The lowest BCUT2D eigenvalue weighted by Crippen LogP contribution is -2.37. The van der Waals surface area contributed by atoms with Gasteiger partial charge >= 0.3 is 6.18 Å². The van der Waals surface area contributed by atoms with Crippen LogP contribution in [-0.2, 0) is 17.5 Å². The van der Waals surface area contributed by atoms with Gasteiger partial charge in [0.2, 0.25) is 5.91 Å². The van der Waals surface area contributed by atoms with Gasteiger partial charge in [0.25, 0.3) is 0 Å². The zero-order valence-electron chi connectivity index (χ0n) is 12.5. The molecule has 2 rings (SSSR count). The largest absolute Gasteiger partial charge is 0.416 e. The van der Waals surface area contributed by atoms with Crippen molar-refractivity contribution in [2.75, 3.05) is 0 Å². The van der Waals surface area contributed by atoms with Crippen molar-refractivity contribution in [3.8, 4) is 6.07 Å². The van der Waals surface area contributed by atoms with Gasteiger partial charge in [0.1, 0.15) is 0 Å². The predicted molar refractivity (Wildman–Crippen MR) is 77.9 cm³/mol.